The highest BCUT2D eigenvalue weighted by molar-refractivity contribution is 6.26. The van der Waals surface area contributed by atoms with E-state index in [1.165, 1.54) is 0 Å². The third-order valence-corrected chi connectivity index (χ3v) is 3.77. The molecule has 3 atom stereocenters. The second-order valence-corrected chi connectivity index (χ2v) is 6.70. The van der Waals surface area contributed by atoms with Gasteiger partial charge in [0.25, 0.3) is 0 Å². The van der Waals surface area contributed by atoms with Crippen molar-refractivity contribution in [3.05, 3.63) is 12.4 Å². The first-order valence-corrected chi connectivity index (χ1v) is 6.63. The molecule has 0 saturated carbocycles. The molecule has 0 heterocycles. The van der Waals surface area contributed by atoms with Crippen molar-refractivity contribution < 1.29 is 4.39 Å². The lowest BCUT2D eigenvalue weighted by molar-refractivity contribution is 0.268. The van der Waals surface area contributed by atoms with E-state index in [2.05, 4.69) is 12.6 Å². The fourth-order valence-electron chi connectivity index (χ4n) is 2.14. The Morgan fingerprint density at radius 1 is 1.50 bits per heavy atom. The maximum atomic E-state index is 13.0. The van der Waals surface area contributed by atoms with Gasteiger partial charge in [0, 0.05) is 12.5 Å². The van der Waals surface area contributed by atoms with Crippen molar-refractivity contribution in [3.63, 3.8) is 0 Å². The monoisotopic (exact) mass is 274 g/mol. The fraction of sp³-hybridized carbons (Fsp3) is 0.786. The summed E-state index contributed by atoms with van der Waals surface area (Å²) in [7, 11) is 0. The number of nitrogens with zero attached hydrogens (tertiary/aromatic N) is 1. The van der Waals surface area contributed by atoms with Crippen molar-refractivity contribution in [2.24, 2.45) is 17.1 Å². The number of nitrogens with two attached hydrogens (primary N) is 1. The van der Waals surface area contributed by atoms with Crippen LogP contribution in [0.3, 0.4) is 0 Å². The van der Waals surface area contributed by atoms with E-state index in [0.29, 0.717) is 12.8 Å². The van der Waals surface area contributed by atoms with E-state index in [9.17, 15) is 9.65 Å². The van der Waals surface area contributed by atoms with E-state index < -0.39 is 16.7 Å². The van der Waals surface area contributed by atoms with Crippen molar-refractivity contribution in [2.45, 2.75) is 57.9 Å². The van der Waals surface area contributed by atoms with Gasteiger partial charge in [-0.05, 0) is 17.8 Å². The number of alkyl halides is 1. The number of allylic oxidation sites excluding steroid dienone is 1. The van der Waals surface area contributed by atoms with E-state index in [0.717, 1.165) is 0 Å². The van der Waals surface area contributed by atoms with Crippen molar-refractivity contribution in [1.29, 1.82) is 5.26 Å². The van der Waals surface area contributed by atoms with Gasteiger partial charge in [0.2, 0.25) is 0 Å². The Morgan fingerprint density at radius 3 is 2.28 bits per heavy atom. The van der Waals surface area contributed by atoms with Crippen LogP contribution in [0.25, 0.3) is 0 Å². The summed E-state index contributed by atoms with van der Waals surface area (Å²) in [6.45, 7) is 11.2. The van der Waals surface area contributed by atoms with Crippen molar-refractivity contribution in [2.75, 3.05) is 0 Å². The highest BCUT2D eigenvalue weighted by Crippen LogP contribution is 2.38. The lowest BCUT2D eigenvalue weighted by atomic mass is 9.76. The SMILES string of the molecule is C=C(F)C[C@@H](CC)[C@@](Cl)(C#N)[C@@H](N)CC(C)(C)C. The summed E-state index contributed by atoms with van der Waals surface area (Å²) in [4.78, 5) is -1.24. The summed E-state index contributed by atoms with van der Waals surface area (Å²) >= 11 is 6.40. The molecule has 104 valence electrons. The summed E-state index contributed by atoms with van der Waals surface area (Å²) in [6, 6.07) is 1.60. The molecule has 0 aromatic heterocycles. The van der Waals surface area contributed by atoms with Crippen molar-refractivity contribution in [1.82, 2.24) is 0 Å². The van der Waals surface area contributed by atoms with E-state index >= 15 is 0 Å². The Morgan fingerprint density at radius 2 is 2.00 bits per heavy atom. The van der Waals surface area contributed by atoms with Crippen molar-refractivity contribution in [3.8, 4) is 6.07 Å². The smallest absolute Gasteiger partial charge is 0.149 e. The molecular formula is C14H24ClFN2. The zero-order chi connectivity index (χ0) is 14.6. The highest BCUT2D eigenvalue weighted by atomic mass is 35.5. The lowest BCUT2D eigenvalue weighted by Crippen LogP contribution is -2.49. The first kappa shape index (κ1) is 17.4. The van der Waals surface area contributed by atoms with Gasteiger partial charge in [0.15, 0.2) is 0 Å². The summed E-state index contributed by atoms with van der Waals surface area (Å²) in [5, 5.41) is 9.35. The topological polar surface area (TPSA) is 49.8 Å². The first-order chi connectivity index (χ1) is 8.06. The van der Waals surface area contributed by atoms with E-state index in [1.807, 2.05) is 27.7 Å². The number of nitriles is 1. The highest BCUT2D eigenvalue weighted by Gasteiger charge is 2.43. The molecule has 0 rings (SSSR count). The summed E-state index contributed by atoms with van der Waals surface area (Å²) in [5.41, 5.74) is 6.07. The maximum absolute atomic E-state index is 13.0. The summed E-state index contributed by atoms with van der Waals surface area (Å²) in [5.74, 6) is -0.774. The van der Waals surface area contributed by atoms with Gasteiger partial charge in [0.1, 0.15) is 4.87 Å². The molecule has 0 fully saturated rings. The third-order valence-electron chi connectivity index (χ3n) is 3.10. The van der Waals surface area contributed by atoms with Gasteiger partial charge < -0.3 is 5.73 Å². The van der Waals surface area contributed by atoms with E-state index in [4.69, 9.17) is 17.3 Å². The van der Waals surface area contributed by atoms with Crippen LogP contribution in [0.1, 0.15) is 47.0 Å². The molecule has 0 unspecified atom stereocenters. The molecular weight excluding hydrogens is 251 g/mol. The average molecular weight is 275 g/mol. The molecule has 2 nitrogen and oxygen atoms in total. The van der Waals surface area contributed by atoms with E-state index in [-0.39, 0.29) is 17.8 Å². The van der Waals surface area contributed by atoms with Crippen LogP contribution >= 0.6 is 11.6 Å². The first-order valence-electron chi connectivity index (χ1n) is 6.25. The molecule has 0 aromatic rings. The average Bonchev–Trinajstić information content (AvgIpc) is 2.21. The van der Waals surface area contributed by atoms with E-state index in [1.54, 1.807) is 0 Å². The molecule has 0 aliphatic carbocycles. The Balaban J connectivity index is 5.08. The number of hydrogen-bond donors (Lipinski definition) is 1. The Labute approximate surface area is 115 Å². The molecule has 0 aliphatic heterocycles. The van der Waals surface area contributed by atoms with Gasteiger partial charge in [-0.3, -0.25) is 0 Å². The Hall–Kier alpha value is -0.590. The molecule has 0 amide bonds. The molecule has 0 aromatic carbocycles. The Bertz CT molecular complexity index is 330. The van der Waals surface area contributed by atoms with Gasteiger partial charge >= 0.3 is 0 Å². The standard InChI is InChI=1S/C14H24ClFN2/c1-6-11(7-10(2)16)14(15,9-17)12(18)8-13(3,4)5/h11-12H,2,6-8,18H2,1,3-5H3/t11-,12+,14+/m1/s1. The van der Waals surface area contributed by atoms with Crippen LogP contribution < -0.4 is 5.73 Å². The minimum atomic E-state index is -1.24. The minimum absolute atomic E-state index is 0.0264. The normalized spacial score (nSPS) is 18.6. The van der Waals surface area contributed by atoms with Crippen molar-refractivity contribution >= 4 is 11.6 Å². The van der Waals surface area contributed by atoms with Crippen LogP contribution in [0, 0.1) is 22.7 Å². The Kier molecular flexibility index (Phi) is 6.33. The van der Waals surface area contributed by atoms with Gasteiger partial charge in [-0.1, -0.05) is 40.7 Å². The molecule has 0 bridgehead atoms. The molecule has 0 aliphatic rings. The molecule has 0 saturated heterocycles. The molecule has 2 N–H and O–H groups in total. The molecule has 0 radical (unpaired) electrons. The summed E-state index contributed by atoms with van der Waals surface area (Å²) in [6.07, 6.45) is 1.29. The molecule has 0 spiro atoms. The third kappa shape index (κ3) is 4.96. The van der Waals surface area contributed by atoms with Crippen LogP contribution in [-0.4, -0.2) is 10.9 Å². The number of halogens is 2. The zero-order valence-corrected chi connectivity index (χ0v) is 12.5. The fourth-order valence-corrected chi connectivity index (χ4v) is 2.45. The van der Waals surface area contributed by atoms with Crippen LogP contribution in [0.5, 0.6) is 0 Å². The number of hydrogen-bond acceptors (Lipinski definition) is 2. The van der Waals surface area contributed by atoms with Gasteiger partial charge in [-0.25, -0.2) is 4.39 Å². The van der Waals surface area contributed by atoms with Crippen LogP contribution in [-0.2, 0) is 0 Å². The quantitative estimate of drug-likeness (QED) is 0.740. The molecule has 4 heteroatoms. The molecule has 18 heavy (non-hydrogen) atoms. The van der Waals surface area contributed by atoms with Crippen LogP contribution in [0.2, 0.25) is 0 Å². The van der Waals surface area contributed by atoms with Crippen LogP contribution in [0.4, 0.5) is 4.39 Å². The predicted octanol–water partition coefficient (Wildman–Crippen LogP) is 4.15. The zero-order valence-electron chi connectivity index (χ0n) is 11.8. The predicted molar refractivity (Wildman–Crippen MR) is 74.9 cm³/mol. The van der Waals surface area contributed by atoms with Crippen LogP contribution in [0.15, 0.2) is 12.4 Å². The van der Waals surface area contributed by atoms with Gasteiger partial charge in [0.05, 0.1) is 11.9 Å². The van der Waals surface area contributed by atoms with Gasteiger partial charge in [-0.15, -0.1) is 11.6 Å². The number of rotatable bonds is 6. The van der Waals surface area contributed by atoms with Gasteiger partial charge in [-0.2, -0.15) is 5.26 Å². The minimum Gasteiger partial charge on any atom is -0.325 e. The largest absolute Gasteiger partial charge is 0.325 e. The maximum Gasteiger partial charge on any atom is 0.149 e. The second-order valence-electron chi connectivity index (χ2n) is 6.08. The lowest BCUT2D eigenvalue weighted by Gasteiger charge is -2.36. The summed E-state index contributed by atoms with van der Waals surface area (Å²) < 4.78 is 13.0. The second kappa shape index (κ2) is 6.54.